The Morgan fingerprint density at radius 1 is 1.32 bits per heavy atom. The summed E-state index contributed by atoms with van der Waals surface area (Å²) in [6.07, 6.45) is 2.25. The highest BCUT2D eigenvalue weighted by atomic mass is 19.1. The second kappa shape index (κ2) is 5.95. The molecule has 0 fully saturated rings. The third-order valence-corrected chi connectivity index (χ3v) is 2.47. The molecular weight excluding hydrogens is 249 g/mol. The van der Waals surface area contributed by atoms with Gasteiger partial charge in [0.2, 0.25) is 0 Å². The zero-order valence-electron chi connectivity index (χ0n) is 10.0. The molecule has 1 aromatic carbocycles. The number of hydrogen-bond acceptors (Lipinski definition) is 3. The van der Waals surface area contributed by atoms with Crippen LogP contribution in [0.3, 0.4) is 0 Å². The smallest absolute Gasteiger partial charge is 0.335 e. The van der Waals surface area contributed by atoms with Crippen molar-refractivity contribution >= 4 is 5.97 Å². The van der Waals surface area contributed by atoms with Gasteiger partial charge < -0.3 is 9.84 Å². The van der Waals surface area contributed by atoms with Crippen LogP contribution in [-0.2, 0) is 6.42 Å². The van der Waals surface area contributed by atoms with Gasteiger partial charge in [-0.05, 0) is 24.3 Å². The first-order chi connectivity index (χ1) is 9.15. The predicted molar refractivity (Wildman–Crippen MR) is 66.8 cm³/mol. The number of halogens is 1. The van der Waals surface area contributed by atoms with E-state index in [1.165, 1.54) is 6.07 Å². The highest BCUT2D eigenvalue weighted by Crippen LogP contribution is 2.16. The number of aromatic carboxylic acids is 1. The van der Waals surface area contributed by atoms with Gasteiger partial charge in [0.25, 0.3) is 0 Å². The second-order valence-electron chi connectivity index (χ2n) is 3.90. The molecule has 0 bridgehead atoms. The molecule has 0 aliphatic carbocycles. The van der Waals surface area contributed by atoms with E-state index < -0.39 is 11.8 Å². The minimum Gasteiger partial charge on any atom is -0.493 e. The van der Waals surface area contributed by atoms with E-state index in [2.05, 4.69) is 4.98 Å². The highest BCUT2D eigenvalue weighted by Gasteiger charge is 2.07. The summed E-state index contributed by atoms with van der Waals surface area (Å²) in [4.78, 5) is 14.9. The summed E-state index contributed by atoms with van der Waals surface area (Å²) in [6.45, 7) is 0.305. The summed E-state index contributed by atoms with van der Waals surface area (Å²) < 4.78 is 18.5. The fourth-order valence-electron chi connectivity index (χ4n) is 1.59. The number of nitrogens with zero attached hydrogens (tertiary/aromatic N) is 1. The first kappa shape index (κ1) is 13.0. The monoisotopic (exact) mass is 261 g/mol. The number of pyridine rings is 1. The zero-order chi connectivity index (χ0) is 13.7. The lowest BCUT2D eigenvalue weighted by atomic mass is 10.2. The van der Waals surface area contributed by atoms with E-state index in [1.54, 1.807) is 6.20 Å². The molecule has 0 unspecified atom stereocenters. The number of benzene rings is 1. The average Bonchev–Trinajstić information content (AvgIpc) is 2.39. The van der Waals surface area contributed by atoms with E-state index in [-0.39, 0.29) is 11.3 Å². The quantitative estimate of drug-likeness (QED) is 0.898. The van der Waals surface area contributed by atoms with Crippen molar-refractivity contribution in [1.82, 2.24) is 4.98 Å². The predicted octanol–water partition coefficient (Wildman–Crippen LogP) is 2.54. The molecule has 1 aromatic heterocycles. The fourth-order valence-corrected chi connectivity index (χ4v) is 1.59. The Hall–Kier alpha value is -2.43. The summed E-state index contributed by atoms with van der Waals surface area (Å²) in [5.74, 6) is -1.62. The Labute approximate surface area is 109 Å². The molecule has 1 N–H and O–H groups in total. The molecule has 19 heavy (non-hydrogen) atoms. The summed E-state index contributed by atoms with van der Waals surface area (Å²) in [5, 5.41) is 8.80. The lowest BCUT2D eigenvalue weighted by molar-refractivity contribution is 0.0695. The first-order valence-corrected chi connectivity index (χ1v) is 5.72. The van der Waals surface area contributed by atoms with Crippen molar-refractivity contribution in [2.75, 3.05) is 6.61 Å². The molecule has 0 saturated heterocycles. The van der Waals surface area contributed by atoms with Crippen LogP contribution in [0.4, 0.5) is 4.39 Å². The lowest BCUT2D eigenvalue weighted by Gasteiger charge is -2.07. The molecule has 0 aliphatic heterocycles. The average molecular weight is 261 g/mol. The van der Waals surface area contributed by atoms with E-state index in [0.717, 1.165) is 17.8 Å². The Morgan fingerprint density at radius 2 is 2.16 bits per heavy atom. The van der Waals surface area contributed by atoms with Crippen LogP contribution >= 0.6 is 0 Å². The summed E-state index contributed by atoms with van der Waals surface area (Å²) >= 11 is 0. The molecule has 0 aliphatic rings. The van der Waals surface area contributed by atoms with Gasteiger partial charge in [0.1, 0.15) is 11.6 Å². The van der Waals surface area contributed by atoms with Gasteiger partial charge in [-0.15, -0.1) is 0 Å². The molecule has 98 valence electrons. The van der Waals surface area contributed by atoms with Crippen molar-refractivity contribution in [3.63, 3.8) is 0 Å². The van der Waals surface area contributed by atoms with E-state index in [0.29, 0.717) is 13.0 Å². The third-order valence-electron chi connectivity index (χ3n) is 2.47. The van der Waals surface area contributed by atoms with Gasteiger partial charge in [-0.1, -0.05) is 6.07 Å². The molecule has 0 saturated carbocycles. The maximum Gasteiger partial charge on any atom is 0.335 e. The Kier molecular flexibility index (Phi) is 4.07. The minimum absolute atomic E-state index is 0.132. The van der Waals surface area contributed by atoms with Gasteiger partial charge in [0.15, 0.2) is 0 Å². The van der Waals surface area contributed by atoms with E-state index in [9.17, 15) is 9.18 Å². The van der Waals surface area contributed by atoms with Crippen molar-refractivity contribution in [1.29, 1.82) is 0 Å². The molecule has 2 rings (SSSR count). The van der Waals surface area contributed by atoms with Crippen LogP contribution < -0.4 is 4.74 Å². The summed E-state index contributed by atoms with van der Waals surface area (Å²) in [6, 6.07) is 8.95. The van der Waals surface area contributed by atoms with Crippen molar-refractivity contribution in [3.05, 3.63) is 59.7 Å². The third kappa shape index (κ3) is 3.77. The molecule has 4 nitrogen and oxygen atoms in total. The van der Waals surface area contributed by atoms with Crippen LogP contribution in [0.1, 0.15) is 16.1 Å². The van der Waals surface area contributed by atoms with Crippen LogP contribution in [0.5, 0.6) is 5.75 Å². The van der Waals surface area contributed by atoms with Crippen molar-refractivity contribution in [2.45, 2.75) is 6.42 Å². The SMILES string of the molecule is O=C(O)c1cc(F)cc(OCCc2ccccn2)c1. The molecular formula is C14H12FNO3. The van der Waals surface area contributed by atoms with Gasteiger partial charge in [0.05, 0.1) is 12.2 Å². The Morgan fingerprint density at radius 3 is 2.84 bits per heavy atom. The standard InChI is InChI=1S/C14H12FNO3/c15-11-7-10(14(17)18)8-13(9-11)19-6-4-12-3-1-2-5-16-12/h1-3,5,7-9H,4,6H2,(H,17,18). The van der Waals surface area contributed by atoms with Gasteiger partial charge >= 0.3 is 5.97 Å². The topological polar surface area (TPSA) is 59.4 Å². The van der Waals surface area contributed by atoms with E-state index >= 15 is 0 Å². The van der Waals surface area contributed by atoms with Gasteiger partial charge in [0, 0.05) is 24.4 Å². The maximum absolute atomic E-state index is 13.2. The van der Waals surface area contributed by atoms with Crippen molar-refractivity contribution in [3.8, 4) is 5.75 Å². The zero-order valence-corrected chi connectivity index (χ0v) is 10.0. The van der Waals surface area contributed by atoms with Crippen molar-refractivity contribution < 1.29 is 19.0 Å². The maximum atomic E-state index is 13.2. The van der Waals surface area contributed by atoms with Gasteiger partial charge in [-0.25, -0.2) is 9.18 Å². The first-order valence-electron chi connectivity index (χ1n) is 5.72. The van der Waals surface area contributed by atoms with Crippen LogP contribution in [0.2, 0.25) is 0 Å². The fraction of sp³-hybridized carbons (Fsp3) is 0.143. The normalized spacial score (nSPS) is 10.2. The minimum atomic E-state index is -1.19. The van der Waals surface area contributed by atoms with Crippen LogP contribution in [-0.4, -0.2) is 22.7 Å². The molecule has 0 amide bonds. The Balaban J connectivity index is 1.98. The number of rotatable bonds is 5. The Bertz CT molecular complexity index is 572. The number of carboxylic acid groups (broad SMARTS) is 1. The van der Waals surface area contributed by atoms with E-state index in [4.69, 9.17) is 9.84 Å². The molecule has 0 atom stereocenters. The summed E-state index contributed by atoms with van der Waals surface area (Å²) in [7, 11) is 0. The van der Waals surface area contributed by atoms with Gasteiger partial charge in [-0.3, -0.25) is 4.98 Å². The number of carbonyl (C=O) groups is 1. The summed E-state index contributed by atoms with van der Waals surface area (Å²) in [5.41, 5.74) is 0.727. The molecule has 1 heterocycles. The van der Waals surface area contributed by atoms with Crippen LogP contribution in [0, 0.1) is 5.82 Å². The van der Waals surface area contributed by atoms with Crippen LogP contribution in [0.15, 0.2) is 42.6 Å². The molecule has 0 radical (unpaired) electrons. The number of carboxylic acids is 1. The number of ether oxygens (including phenoxy) is 1. The number of hydrogen-bond donors (Lipinski definition) is 1. The molecule has 5 heteroatoms. The second-order valence-corrected chi connectivity index (χ2v) is 3.90. The van der Waals surface area contributed by atoms with Gasteiger partial charge in [-0.2, -0.15) is 0 Å². The number of aromatic nitrogens is 1. The van der Waals surface area contributed by atoms with Crippen LogP contribution in [0.25, 0.3) is 0 Å². The largest absolute Gasteiger partial charge is 0.493 e. The highest BCUT2D eigenvalue weighted by molar-refractivity contribution is 5.88. The lowest BCUT2D eigenvalue weighted by Crippen LogP contribution is -2.04. The van der Waals surface area contributed by atoms with E-state index in [1.807, 2.05) is 18.2 Å². The molecule has 0 spiro atoms. The van der Waals surface area contributed by atoms with Crippen molar-refractivity contribution in [2.24, 2.45) is 0 Å². The molecule has 2 aromatic rings.